The SMILES string of the molecule is Cc1cc(-c2cnn3c(NCC4CCOCC4)cc(N[C@H](CO)CC(C)C)nc23)ccc1C(=O)NC1CC1. The smallest absolute Gasteiger partial charge is 0.251 e. The van der Waals surface area contributed by atoms with Crippen LogP contribution in [0.15, 0.2) is 30.5 Å². The molecule has 3 aromatic rings. The van der Waals surface area contributed by atoms with Gasteiger partial charge in [-0.15, -0.1) is 0 Å². The van der Waals surface area contributed by atoms with Crippen LogP contribution in [0.3, 0.4) is 0 Å². The molecule has 9 heteroatoms. The minimum Gasteiger partial charge on any atom is -0.394 e. The number of aryl methyl sites for hydroxylation is 1. The molecule has 1 amide bonds. The van der Waals surface area contributed by atoms with Crippen LogP contribution in [0, 0.1) is 18.8 Å². The van der Waals surface area contributed by atoms with E-state index in [1.54, 1.807) is 0 Å². The van der Waals surface area contributed by atoms with Crippen molar-refractivity contribution in [2.75, 3.05) is 37.0 Å². The van der Waals surface area contributed by atoms with Crippen LogP contribution >= 0.6 is 0 Å². The van der Waals surface area contributed by atoms with Crippen molar-refractivity contribution in [1.82, 2.24) is 19.9 Å². The van der Waals surface area contributed by atoms with Crippen LogP contribution in [0.5, 0.6) is 0 Å². The topological polar surface area (TPSA) is 113 Å². The highest BCUT2D eigenvalue weighted by molar-refractivity contribution is 5.97. The highest BCUT2D eigenvalue weighted by atomic mass is 16.5. The zero-order valence-electron chi connectivity index (χ0n) is 22.7. The number of nitrogens with one attached hydrogen (secondary N) is 3. The van der Waals surface area contributed by atoms with Gasteiger partial charge in [0, 0.05) is 43.0 Å². The van der Waals surface area contributed by atoms with E-state index in [0.29, 0.717) is 29.3 Å². The van der Waals surface area contributed by atoms with E-state index in [0.717, 1.165) is 80.0 Å². The number of rotatable bonds is 11. The van der Waals surface area contributed by atoms with Crippen LogP contribution < -0.4 is 16.0 Å². The molecule has 1 aliphatic heterocycles. The number of benzene rings is 1. The summed E-state index contributed by atoms with van der Waals surface area (Å²) < 4.78 is 7.37. The Bertz CT molecular complexity index is 1260. The lowest BCUT2D eigenvalue weighted by atomic mass is 10.0. The predicted octanol–water partition coefficient (Wildman–Crippen LogP) is 4.25. The molecule has 3 heterocycles. The van der Waals surface area contributed by atoms with Gasteiger partial charge in [0.05, 0.1) is 18.8 Å². The number of hydrogen-bond donors (Lipinski definition) is 4. The van der Waals surface area contributed by atoms with Gasteiger partial charge >= 0.3 is 0 Å². The van der Waals surface area contributed by atoms with Crippen LogP contribution in [0.2, 0.25) is 0 Å². The van der Waals surface area contributed by atoms with Gasteiger partial charge in [0.2, 0.25) is 0 Å². The molecule has 2 aliphatic rings. The number of aromatic nitrogens is 3. The average molecular weight is 521 g/mol. The van der Waals surface area contributed by atoms with E-state index >= 15 is 0 Å². The molecule has 1 atom stereocenters. The molecule has 0 radical (unpaired) electrons. The lowest BCUT2D eigenvalue weighted by molar-refractivity contribution is 0.0699. The maximum atomic E-state index is 12.6. The van der Waals surface area contributed by atoms with Gasteiger partial charge in [-0.2, -0.15) is 9.61 Å². The first-order valence-corrected chi connectivity index (χ1v) is 13.9. The van der Waals surface area contributed by atoms with E-state index < -0.39 is 0 Å². The second-order valence-corrected chi connectivity index (χ2v) is 11.2. The second kappa shape index (κ2) is 11.7. The Morgan fingerprint density at radius 1 is 1.18 bits per heavy atom. The quantitative estimate of drug-likeness (QED) is 0.299. The maximum absolute atomic E-state index is 12.6. The number of anilines is 2. The molecule has 2 fully saturated rings. The van der Waals surface area contributed by atoms with E-state index in [1.165, 1.54) is 0 Å². The van der Waals surface area contributed by atoms with Crippen molar-refractivity contribution in [2.24, 2.45) is 11.8 Å². The van der Waals surface area contributed by atoms with Crippen molar-refractivity contribution in [3.63, 3.8) is 0 Å². The molecule has 0 spiro atoms. The summed E-state index contributed by atoms with van der Waals surface area (Å²) >= 11 is 0. The van der Waals surface area contributed by atoms with Gasteiger partial charge in [0.15, 0.2) is 5.65 Å². The Labute approximate surface area is 224 Å². The fraction of sp³-hybridized carbons (Fsp3) is 0.552. The molecule has 5 rings (SSSR count). The van der Waals surface area contributed by atoms with E-state index in [9.17, 15) is 9.90 Å². The van der Waals surface area contributed by atoms with Crippen LogP contribution in [-0.4, -0.2) is 64.1 Å². The molecule has 1 saturated heterocycles. The Morgan fingerprint density at radius 3 is 2.66 bits per heavy atom. The summed E-state index contributed by atoms with van der Waals surface area (Å²) in [5, 5.41) is 24.8. The highest BCUT2D eigenvalue weighted by Gasteiger charge is 2.25. The molecule has 1 aromatic carbocycles. The van der Waals surface area contributed by atoms with E-state index in [1.807, 2.05) is 41.9 Å². The first kappa shape index (κ1) is 26.4. The largest absolute Gasteiger partial charge is 0.394 e. The van der Waals surface area contributed by atoms with Crippen molar-refractivity contribution in [2.45, 2.75) is 65.0 Å². The van der Waals surface area contributed by atoms with Crippen molar-refractivity contribution in [3.05, 3.63) is 41.6 Å². The fourth-order valence-corrected chi connectivity index (χ4v) is 5.10. The van der Waals surface area contributed by atoms with Crippen molar-refractivity contribution in [1.29, 1.82) is 0 Å². The molecule has 38 heavy (non-hydrogen) atoms. The average Bonchev–Trinajstić information content (AvgIpc) is 3.62. The Morgan fingerprint density at radius 2 is 1.97 bits per heavy atom. The lowest BCUT2D eigenvalue weighted by Gasteiger charge is -2.23. The summed E-state index contributed by atoms with van der Waals surface area (Å²) in [7, 11) is 0. The van der Waals surface area contributed by atoms with Gasteiger partial charge in [-0.05, 0) is 68.1 Å². The maximum Gasteiger partial charge on any atom is 0.251 e. The third-order valence-corrected chi connectivity index (χ3v) is 7.41. The Kier molecular flexibility index (Phi) is 8.14. The summed E-state index contributed by atoms with van der Waals surface area (Å²) in [6.45, 7) is 8.73. The van der Waals surface area contributed by atoms with Crippen LogP contribution in [0.1, 0.15) is 61.9 Å². The predicted molar refractivity (Wildman–Crippen MR) is 150 cm³/mol. The van der Waals surface area contributed by atoms with E-state index in [-0.39, 0.29) is 18.6 Å². The van der Waals surface area contributed by atoms with Gasteiger partial charge in [0.1, 0.15) is 11.6 Å². The molecule has 0 bridgehead atoms. The number of aliphatic hydroxyl groups is 1. The van der Waals surface area contributed by atoms with Crippen molar-refractivity contribution < 1.29 is 14.6 Å². The van der Waals surface area contributed by atoms with Gasteiger partial charge in [0.25, 0.3) is 5.91 Å². The van der Waals surface area contributed by atoms with Crippen LogP contribution in [0.25, 0.3) is 16.8 Å². The number of ether oxygens (including phenoxy) is 1. The number of amides is 1. The molecular weight excluding hydrogens is 480 g/mol. The summed E-state index contributed by atoms with van der Waals surface area (Å²) in [4.78, 5) is 17.6. The molecule has 0 unspecified atom stereocenters. The van der Waals surface area contributed by atoms with E-state index in [2.05, 4.69) is 29.8 Å². The number of carbonyl (C=O) groups is 1. The second-order valence-electron chi connectivity index (χ2n) is 11.2. The fourth-order valence-electron chi connectivity index (χ4n) is 5.10. The number of nitrogens with zero attached hydrogens (tertiary/aromatic N) is 3. The molecule has 2 aromatic heterocycles. The third-order valence-electron chi connectivity index (χ3n) is 7.41. The van der Waals surface area contributed by atoms with Crippen LogP contribution in [-0.2, 0) is 4.74 Å². The van der Waals surface area contributed by atoms with Gasteiger partial charge < -0.3 is 25.8 Å². The summed E-state index contributed by atoms with van der Waals surface area (Å²) in [5.41, 5.74) is 4.20. The molecule has 1 aliphatic carbocycles. The first-order valence-electron chi connectivity index (χ1n) is 13.9. The van der Waals surface area contributed by atoms with E-state index in [4.69, 9.17) is 14.8 Å². The van der Waals surface area contributed by atoms with Crippen molar-refractivity contribution >= 4 is 23.2 Å². The molecule has 204 valence electrons. The Balaban J connectivity index is 1.47. The zero-order chi connectivity index (χ0) is 26.6. The lowest BCUT2D eigenvalue weighted by Crippen LogP contribution is -2.27. The minimum atomic E-state index is -0.0915. The zero-order valence-corrected chi connectivity index (χ0v) is 22.7. The number of carbonyl (C=O) groups excluding carboxylic acids is 1. The van der Waals surface area contributed by atoms with Gasteiger partial charge in [-0.3, -0.25) is 4.79 Å². The first-order chi connectivity index (χ1) is 18.4. The number of aliphatic hydroxyl groups excluding tert-OH is 1. The molecule has 9 nitrogen and oxygen atoms in total. The summed E-state index contributed by atoms with van der Waals surface area (Å²) in [6, 6.07) is 8.10. The van der Waals surface area contributed by atoms with Gasteiger partial charge in [-0.25, -0.2) is 4.98 Å². The summed E-state index contributed by atoms with van der Waals surface area (Å²) in [5.74, 6) is 2.53. The Hall–Kier alpha value is -3.17. The summed E-state index contributed by atoms with van der Waals surface area (Å²) in [6.07, 6.45) is 6.88. The van der Waals surface area contributed by atoms with Crippen LogP contribution in [0.4, 0.5) is 11.6 Å². The molecular formula is C29H40N6O3. The molecule has 4 N–H and O–H groups in total. The highest BCUT2D eigenvalue weighted by Crippen LogP contribution is 2.30. The number of hydrogen-bond acceptors (Lipinski definition) is 7. The minimum absolute atomic E-state index is 0.0131. The van der Waals surface area contributed by atoms with Gasteiger partial charge in [-0.1, -0.05) is 26.0 Å². The molecule has 1 saturated carbocycles. The van der Waals surface area contributed by atoms with Crippen molar-refractivity contribution in [3.8, 4) is 11.1 Å². The number of fused-ring (bicyclic) bond motifs is 1. The monoisotopic (exact) mass is 520 g/mol. The third kappa shape index (κ3) is 6.27. The normalized spacial score (nSPS) is 17.1. The standard InChI is InChI=1S/C29H40N6O3/c1-18(2)12-23(17-36)32-26-14-27(30-15-20-8-10-38-11-9-20)35-28(34-26)25(16-31-35)21-4-7-24(19(3)13-21)29(37)33-22-5-6-22/h4,7,13-14,16,18,20,22-23,30,36H,5-6,8-12,15,17H2,1-3H3,(H,32,34)(H,33,37)/t23-/m0/s1.